The Balaban J connectivity index is 1.64. The molecule has 8 heteroatoms. The van der Waals surface area contributed by atoms with Gasteiger partial charge in [-0.1, -0.05) is 30.3 Å². The van der Waals surface area contributed by atoms with Gasteiger partial charge in [0.05, 0.1) is 16.9 Å². The number of para-hydroxylation sites is 1. The molecule has 0 aromatic heterocycles. The molecule has 1 aliphatic rings. The topological polar surface area (TPSA) is 95.8 Å². The number of likely N-dealkylation sites (tertiary alicyclic amines) is 1. The Labute approximate surface area is 175 Å². The minimum atomic E-state index is -0.442. The summed E-state index contributed by atoms with van der Waals surface area (Å²) >= 11 is 0. The molecule has 1 saturated heterocycles. The highest BCUT2D eigenvalue weighted by molar-refractivity contribution is 5.90. The summed E-state index contributed by atoms with van der Waals surface area (Å²) in [5.41, 5.74) is 1.42. The fourth-order valence-corrected chi connectivity index (χ4v) is 3.69. The average molecular weight is 410 g/mol. The molecular weight excluding hydrogens is 384 g/mol. The summed E-state index contributed by atoms with van der Waals surface area (Å²) in [4.78, 5) is 39.6. The smallest absolute Gasteiger partial charge is 0.321 e. The summed E-state index contributed by atoms with van der Waals surface area (Å²) in [7, 11) is 1.70. The molecule has 2 unspecified atom stereocenters. The molecule has 0 saturated carbocycles. The molecule has 0 bridgehead atoms. The summed E-state index contributed by atoms with van der Waals surface area (Å²) in [5, 5.41) is 13.9. The van der Waals surface area contributed by atoms with Crippen LogP contribution in [0.2, 0.25) is 0 Å². The Morgan fingerprint density at radius 1 is 1.20 bits per heavy atom. The van der Waals surface area contributed by atoms with Gasteiger partial charge in [-0.3, -0.25) is 14.9 Å². The summed E-state index contributed by atoms with van der Waals surface area (Å²) < 4.78 is 0. The maximum absolute atomic E-state index is 13.1. The van der Waals surface area contributed by atoms with Gasteiger partial charge in [0.1, 0.15) is 0 Å². The molecule has 2 atom stereocenters. The zero-order chi connectivity index (χ0) is 21.7. The van der Waals surface area contributed by atoms with E-state index in [0.29, 0.717) is 30.8 Å². The van der Waals surface area contributed by atoms with Gasteiger partial charge in [0.2, 0.25) is 5.91 Å². The number of carbonyl (C=O) groups is 2. The first-order valence-electron chi connectivity index (χ1n) is 9.99. The Kier molecular flexibility index (Phi) is 6.66. The van der Waals surface area contributed by atoms with Crippen molar-refractivity contribution in [2.45, 2.75) is 25.8 Å². The summed E-state index contributed by atoms with van der Waals surface area (Å²) in [6, 6.07) is 15.0. The van der Waals surface area contributed by atoms with Crippen LogP contribution in [0.15, 0.2) is 54.6 Å². The molecule has 0 spiro atoms. The van der Waals surface area contributed by atoms with E-state index in [-0.39, 0.29) is 29.6 Å². The minimum Gasteiger partial charge on any atom is -0.339 e. The number of nitrogens with one attached hydrogen (secondary N) is 1. The van der Waals surface area contributed by atoms with E-state index in [1.807, 2.05) is 37.3 Å². The number of hydrogen-bond donors (Lipinski definition) is 1. The van der Waals surface area contributed by atoms with Crippen LogP contribution in [0.3, 0.4) is 0 Å². The zero-order valence-electron chi connectivity index (χ0n) is 17.2. The van der Waals surface area contributed by atoms with Gasteiger partial charge in [0.15, 0.2) is 0 Å². The van der Waals surface area contributed by atoms with Crippen molar-refractivity contribution in [3.05, 3.63) is 70.3 Å². The van der Waals surface area contributed by atoms with Gasteiger partial charge < -0.3 is 15.1 Å². The molecule has 3 rings (SSSR count). The maximum Gasteiger partial charge on any atom is 0.321 e. The van der Waals surface area contributed by atoms with Crippen LogP contribution in [0.1, 0.15) is 31.4 Å². The van der Waals surface area contributed by atoms with Crippen molar-refractivity contribution in [1.29, 1.82) is 0 Å². The van der Waals surface area contributed by atoms with Crippen LogP contribution in [0.5, 0.6) is 0 Å². The number of hydrogen-bond acceptors (Lipinski definition) is 4. The lowest BCUT2D eigenvalue weighted by atomic mass is 9.95. The zero-order valence-corrected chi connectivity index (χ0v) is 17.2. The van der Waals surface area contributed by atoms with Gasteiger partial charge in [-0.25, -0.2) is 4.79 Å². The number of urea groups is 1. The first kappa shape index (κ1) is 21.3. The SMILES string of the molecule is CC(c1cccc([N+](=O)[O-])c1)N(C)C(=O)C1CCCN(C(=O)Nc2ccccc2)C1. The molecule has 158 valence electrons. The van der Waals surface area contributed by atoms with E-state index >= 15 is 0 Å². The molecule has 0 radical (unpaired) electrons. The Hall–Kier alpha value is -3.42. The van der Waals surface area contributed by atoms with Crippen LogP contribution in [0.25, 0.3) is 0 Å². The van der Waals surface area contributed by atoms with Gasteiger partial charge in [-0.05, 0) is 37.5 Å². The molecule has 2 aromatic carbocycles. The Morgan fingerprint density at radius 3 is 2.63 bits per heavy atom. The standard InChI is InChI=1S/C22H26N4O4/c1-16(17-8-6-12-20(14-17)26(29)30)24(2)21(27)18-9-7-13-25(15-18)22(28)23-19-10-4-3-5-11-19/h3-6,8,10-12,14,16,18H,7,9,13,15H2,1-2H3,(H,23,28). The molecule has 0 aliphatic carbocycles. The summed E-state index contributed by atoms with van der Waals surface area (Å²) in [5.74, 6) is -0.363. The summed E-state index contributed by atoms with van der Waals surface area (Å²) in [6.07, 6.45) is 1.46. The summed E-state index contributed by atoms with van der Waals surface area (Å²) in [6.45, 7) is 2.80. The van der Waals surface area contributed by atoms with Crippen molar-refractivity contribution < 1.29 is 14.5 Å². The van der Waals surface area contributed by atoms with E-state index in [9.17, 15) is 19.7 Å². The third-order valence-electron chi connectivity index (χ3n) is 5.57. The predicted molar refractivity (Wildman–Crippen MR) is 114 cm³/mol. The molecule has 3 amide bonds. The van der Waals surface area contributed by atoms with Crippen molar-refractivity contribution in [2.75, 3.05) is 25.5 Å². The monoisotopic (exact) mass is 410 g/mol. The lowest BCUT2D eigenvalue weighted by Crippen LogP contribution is -2.47. The maximum atomic E-state index is 13.1. The number of nitro groups is 1. The second-order valence-corrected chi connectivity index (χ2v) is 7.56. The van der Waals surface area contributed by atoms with Gasteiger partial charge in [-0.15, -0.1) is 0 Å². The molecule has 8 nitrogen and oxygen atoms in total. The van der Waals surface area contributed by atoms with Crippen molar-refractivity contribution >= 4 is 23.3 Å². The average Bonchev–Trinajstić information content (AvgIpc) is 2.78. The first-order chi connectivity index (χ1) is 14.4. The Bertz CT molecular complexity index is 918. The fraction of sp³-hybridized carbons (Fsp3) is 0.364. The molecule has 1 fully saturated rings. The largest absolute Gasteiger partial charge is 0.339 e. The number of amides is 3. The highest BCUT2D eigenvalue weighted by Gasteiger charge is 2.32. The van der Waals surface area contributed by atoms with Gasteiger partial charge in [0.25, 0.3) is 5.69 Å². The highest BCUT2D eigenvalue weighted by Crippen LogP contribution is 2.27. The quantitative estimate of drug-likeness (QED) is 0.594. The van der Waals surface area contributed by atoms with E-state index < -0.39 is 4.92 Å². The van der Waals surface area contributed by atoms with Gasteiger partial charge >= 0.3 is 6.03 Å². The number of benzene rings is 2. The number of non-ortho nitro benzene ring substituents is 1. The van der Waals surface area contributed by atoms with Crippen molar-refractivity contribution in [1.82, 2.24) is 9.80 Å². The number of piperidine rings is 1. The van der Waals surface area contributed by atoms with E-state index in [1.54, 1.807) is 29.0 Å². The van der Waals surface area contributed by atoms with Crippen LogP contribution in [0, 0.1) is 16.0 Å². The van der Waals surface area contributed by atoms with Crippen molar-refractivity contribution in [2.24, 2.45) is 5.92 Å². The second-order valence-electron chi connectivity index (χ2n) is 7.56. The minimum absolute atomic E-state index is 0.00150. The highest BCUT2D eigenvalue weighted by atomic mass is 16.6. The van der Waals surface area contributed by atoms with Crippen molar-refractivity contribution in [3.63, 3.8) is 0 Å². The van der Waals surface area contributed by atoms with Gasteiger partial charge in [0, 0.05) is 38.0 Å². The van der Waals surface area contributed by atoms with Crippen LogP contribution in [-0.2, 0) is 4.79 Å². The number of carbonyl (C=O) groups excluding carboxylic acids is 2. The fourth-order valence-electron chi connectivity index (χ4n) is 3.69. The van der Waals surface area contributed by atoms with Crippen molar-refractivity contribution in [3.8, 4) is 0 Å². The van der Waals surface area contributed by atoms with E-state index in [0.717, 1.165) is 6.42 Å². The van der Waals surface area contributed by atoms with Gasteiger partial charge in [-0.2, -0.15) is 0 Å². The normalized spacial score (nSPS) is 17.1. The lowest BCUT2D eigenvalue weighted by molar-refractivity contribution is -0.384. The first-order valence-corrected chi connectivity index (χ1v) is 9.99. The third kappa shape index (κ3) is 4.94. The number of rotatable bonds is 5. The van der Waals surface area contributed by atoms with E-state index in [1.165, 1.54) is 12.1 Å². The van der Waals surface area contributed by atoms with Crippen LogP contribution < -0.4 is 5.32 Å². The molecule has 1 N–H and O–H groups in total. The third-order valence-corrected chi connectivity index (χ3v) is 5.57. The van der Waals surface area contributed by atoms with Crippen LogP contribution >= 0.6 is 0 Å². The molecule has 2 aromatic rings. The van der Waals surface area contributed by atoms with E-state index in [4.69, 9.17) is 0 Å². The second kappa shape index (κ2) is 9.39. The van der Waals surface area contributed by atoms with E-state index in [2.05, 4.69) is 5.32 Å². The number of nitro benzene ring substituents is 1. The molecule has 1 heterocycles. The Morgan fingerprint density at radius 2 is 1.93 bits per heavy atom. The molecule has 30 heavy (non-hydrogen) atoms. The van der Waals surface area contributed by atoms with Crippen LogP contribution in [0.4, 0.5) is 16.2 Å². The molecular formula is C22H26N4O4. The number of nitrogens with zero attached hydrogens (tertiary/aromatic N) is 3. The predicted octanol–water partition coefficient (Wildman–Crippen LogP) is 4.06. The van der Waals surface area contributed by atoms with Crippen LogP contribution in [-0.4, -0.2) is 46.8 Å². The lowest BCUT2D eigenvalue weighted by Gasteiger charge is -2.35. The number of anilines is 1. The molecule has 1 aliphatic heterocycles.